The Morgan fingerprint density at radius 1 is 0.938 bits per heavy atom. The molecule has 2 nitrogen and oxygen atoms in total. The molecule has 0 heterocycles. The van der Waals surface area contributed by atoms with E-state index in [0.717, 1.165) is 0 Å². The Bertz CT molecular complexity index is 237. The molecule has 0 aromatic rings. The zero-order valence-corrected chi connectivity index (χ0v) is 7.96. The predicted molar refractivity (Wildman–Crippen MR) is 35.6 cm³/mol. The Balaban J connectivity index is 4.76. The largest absolute Gasteiger partial charge is 0.483 e. The first-order chi connectivity index (χ1) is 6.82. The van der Waals surface area contributed by atoms with Gasteiger partial charge in [-0.2, -0.15) is 30.7 Å². The lowest BCUT2D eigenvalue weighted by Crippen LogP contribution is -2.51. The molecule has 0 saturated carbocycles. The van der Waals surface area contributed by atoms with Crippen LogP contribution in [-0.4, -0.2) is 43.7 Å². The number of hydrogen-bond acceptors (Lipinski definition) is 2. The SMILES string of the molecule is CN(C)C(F)(F)C(F)OC(F)(F)C(F)(F)F. The second kappa shape index (κ2) is 4.32. The van der Waals surface area contributed by atoms with Gasteiger partial charge in [-0.3, -0.25) is 4.74 Å². The van der Waals surface area contributed by atoms with Crippen molar-refractivity contribution in [1.29, 1.82) is 0 Å². The lowest BCUT2D eigenvalue weighted by Gasteiger charge is -2.29. The fourth-order valence-electron chi connectivity index (χ4n) is 0.471. The summed E-state index contributed by atoms with van der Waals surface area (Å²) in [7, 11) is 1.17. The van der Waals surface area contributed by atoms with Gasteiger partial charge in [-0.15, -0.1) is 0 Å². The van der Waals surface area contributed by atoms with E-state index in [4.69, 9.17) is 0 Å². The molecule has 1 atom stereocenters. The molecular weight excluding hydrogens is 254 g/mol. The number of ether oxygens (including phenoxy) is 1. The van der Waals surface area contributed by atoms with Crippen molar-refractivity contribution in [2.45, 2.75) is 24.7 Å². The molecule has 0 bridgehead atoms. The summed E-state index contributed by atoms with van der Waals surface area (Å²) in [5, 5.41) is 0. The lowest BCUT2D eigenvalue weighted by atomic mass is 10.5. The van der Waals surface area contributed by atoms with Gasteiger partial charge in [-0.1, -0.05) is 0 Å². The molecule has 0 aliphatic heterocycles. The molecule has 98 valence electrons. The number of rotatable bonds is 4. The smallest absolute Gasteiger partial charge is 0.271 e. The molecule has 16 heavy (non-hydrogen) atoms. The molecule has 10 heteroatoms. The number of likely N-dealkylation sites (N-methyl/N-ethyl adjacent to an activating group) is 1. The van der Waals surface area contributed by atoms with E-state index in [1.807, 2.05) is 0 Å². The van der Waals surface area contributed by atoms with E-state index in [1.54, 1.807) is 0 Å². The maximum atomic E-state index is 12.6. The van der Waals surface area contributed by atoms with E-state index < -0.39 is 24.7 Å². The van der Waals surface area contributed by atoms with Crippen LogP contribution >= 0.6 is 0 Å². The van der Waals surface area contributed by atoms with Crippen LogP contribution < -0.4 is 0 Å². The van der Waals surface area contributed by atoms with Crippen LogP contribution in [0, 0.1) is 0 Å². The summed E-state index contributed by atoms with van der Waals surface area (Å²) in [4.78, 5) is -0.190. The molecule has 0 radical (unpaired) electrons. The minimum absolute atomic E-state index is 0.190. The van der Waals surface area contributed by atoms with E-state index in [0.29, 0.717) is 14.1 Å². The zero-order chi connectivity index (χ0) is 13.4. The number of alkyl halides is 8. The fraction of sp³-hybridized carbons (Fsp3) is 1.00. The van der Waals surface area contributed by atoms with Crippen LogP contribution in [-0.2, 0) is 4.74 Å². The van der Waals surface area contributed by atoms with Crippen LogP contribution in [0.2, 0.25) is 0 Å². The van der Waals surface area contributed by atoms with E-state index in [9.17, 15) is 35.1 Å². The van der Waals surface area contributed by atoms with Crippen molar-refractivity contribution in [2.24, 2.45) is 0 Å². The van der Waals surface area contributed by atoms with Crippen molar-refractivity contribution in [3.05, 3.63) is 0 Å². The Kier molecular flexibility index (Phi) is 4.15. The topological polar surface area (TPSA) is 12.5 Å². The molecule has 1 unspecified atom stereocenters. The standard InChI is InChI=1S/C6H7F8NO/c1-15(2)4(8,9)3(7)16-6(13,14)5(10,11)12/h3H,1-2H3. The van der Waals surface area contributed by atoms with Crippen LogP contribution in [0.1, 0.15) is 0 Å². The third-order valence-corrected chi connectivity index (χ3v) is 1.45. The molecule has 0 fully saturated rings. The molecule has 0 spiro atoms. The van der Waals surface area contributed by atoms with Gasteiger partial charge in [0, 0.05) is 0 Å². The van der Waals surface area contributed by atoms with E-state index in [2.05, 4.69) is 4.74 Å². The van der Waals surface area contributed by atoms with Gasteiger partial charge in [0.05, 0.1) is 0 Å². The molecule has 0 aliphatic rings. The first-order valence-corrected chi connectivity index (χ1v) is 3.64. The van der Waals surface area contributed by atoms with E-state index >= 15 is 0 Å². The molecular formula is C6H7F8NO. The van der Waals surface area contributed by atoms with Crippen molar-refractivity contribution in [3.8, 4) is 0 Å². The zero-order valence-electron chi connectivity index (χ0n) is 7.96. The quantitative estimate of drug-likeness (QED) is 0.569. The minimum atomic E-state index is -6.26. The van der Waals surface area contributed by atoms with Crippen molar-refractivity contribution < 1.29 is 39.9 Å². The van der Waals surface area contributed by atoms with Crippen LogP contribution in [0.4, 0.5) is 35.1 Å². The van der Waals surface area contributed by atoms with Gasteiger partial charge in [0.1, 0.15) is 0 Å². The van der Waals surface area contributed by atoms with Crippen molar-refractivity contribution in [3.63, 3.8) is 0 Å². The highest BCUT2D eigenvalue weighted by molar-refractivity contribution is 4.72. The molecule has 0 rings (SSSR count). The summed E-state index contributed by atoms with van der Waals surface area (Å²) >= 11 is 0. The Hall–Kier alpha value is -0.640. The second-order valence-corrected chi connectivity index (χ2v) is 2.93. The third-order valence-electron chi connectivity index (χ3n) is 1.45. The van der Waals surface area contributed by atoms with Crippen molar-refractivity contribution in [2.75, 3.05) is 14.1 Å². The maximum Gasteiger partial charge on any atom is 0.483 e. The Morgan fingerprint density at radius 3 is 1.56 bits per heavy atom. The van der Waals surface area contributed by atoms with Crippen LogP contribution in [0.15, 0.2) is 0 Å². The third kappa shape index (κ3) is 3.17. The number of hydrogen-bond donors (Lipinski definition) is 0. The second-order valence-electron chi connectivity index (χ2n) is 2.93. The van der Waals surface area contributed by atoms with Crippen LogP contribution in [0.3, 0.4) is 0 Å². The summed E-state index contributed by atoms with van der Waals surface area (Å²) in [5.41, 5.74) is 0. The average molecular weight is 261 g/mol. The minimum Gasteiger partial charge on any atom is -0.271 e. The summed E-state index contributed by atoms with van der Waals surface area (Å²) < 4.78 is 98.6. The summed E-state index contributed by atoms with van der Waals surface area (Å²) in [5.74, 6) is 0. The predicted octanol–water partition coefficient (Wildman–Crippen LogP) is 2.61. The summed E-state index contributed by atoms with van der Waals surface area (Å²) in [6, 6.07) is -4.60. The van der Waals surface area contributed by atoms with Crippen molar-refractivity contribution >= 4 is 0 Å². The van der Waals surface area contributed by atoms with E-state index in [1.165, 1.54) is 0 Å². The molecule has 0 amide bonds. The highest BCUT2D eigenvalue weighted by atomic mass is 19.4. The van der Waals surface area contributed by atoms with Gasteiger partial charge in [0.2, 0.25) is 0 Å². The van der Waals surface area contributed by atoms with Crippen LogP contribution in [0.25, 0.3) is 0 Å². The Morgan fingerprint density at radius 2 is 1.31 bits per heavy atom. The maximum absolute atomic E-state index is 12.6. The highest BCUT2D eigenvalue weighted by Crippen LogP contribution is 2.40. The molecule has 0 saturated heterocycles. The molecule has 0 N–H and O–H groups in total. The van der Waals surface area contributed by atoms with Crippen LogP contribution in [0.5, 0.6) is 0 Å². The molecule has 0 aromatic carbocycles. The first-order valence-electron chi connectivity index (χ1n) is 3.64. The van der Waals surface area contributed by atoms with Gasteiger partial charge in [0.15, 0.2) is 0 Å². The number of nitrogens with zero attached hydrogens (tertiary/aromatic N) is 1. The fourth-order valence-corrected chi connectivity index (χ4v) is 0.471. The first kappa shape index (κ1) is 15.4. The van der Waals surface area contributed by atoms with E-state index in [-0.39, 0.29) is 4.90 Å². The van der Waals surface area contributed by atoms with Gasteiger partial charge in [-0.25, -0.2) is 9.29 Å². The highest BCUT2D eigenvalue weighted by Gasteiger charge is 2.63. The Labute approximate surface area is 84.8 Å². The summed E-state index contributed by atoms with van der Waals surface area (Å²) in [6.07, 6.45) is -16.4. The van der Waals surface area contributed by atoms with Gasteiger partial charge < -0.3 is 0 Å². The van der Waals surface area contributed by atoms with Gasteiger partial charge in [0.25, 0.3) is 6.36 Å². The molecule has 0 aliphatic carbocycles. The summed E-state index contributed by atoms with van der Waals surface area (Å²) in [6.45, 7) is 0. The normalized spacial score (nSPS) is 16.7. The average Bonchev–Trinajstić information content (AvgIpc) is 2.00. The van der Waals surface area contributed by atoms with Gasteiger partial charge >= 0.3 is 18.3 Å². The van der Waals surface area contributed by atoms with Crippen molar-refractivity contribution in [1.82, 2.24) is 4.90 Å². The number of halogens is 8. The molecule has 0 aromatic heterocycles. The monoisotopic (exact) mass is 261 g/mol. The van der Waals surface area contributed by atoms with Gasteiger partial charge in [-0.05, 0) is 14.1 Å². The lowest BCUT2D eigenvalue weighted by molar-refractivity contribution is -0.436.